The van der Waals surface area contributed by atoms with Crippen molar-refractivity contribution in [1.82, 2.24) is 21.2 Å². The number of ether oxygens (including phenoxy) is 1. The molecule has 1 aliphatic rings. The SMILES string of the molecule is COc1ccc(CC2NNC(Nc3cccnc3)NC2=O)cc1. The van der Waals surface area contributed by atoms with Crippen molar-refractivity contribution in [2.24, 2.45) is 0 Å². The fourth-order valence-electron chi connectivity index (χ4n) is 2.36. The number of hydrogen-bond acceptors (Lipinski definition) is 6. The summed E-state index contributed by atoms with van der Waals surface area (Å²) in [6, 6.07) is 11.0. The van der Waals surface area contributed by atoms with Gasteiger partial charge in [0.1, 0.15) is 11.8 Å². The van der Waals surface area contributed by atoms with E-state index in [9.17, 15) is 4.79 Å². The number of nitrogens with zero attached hydrogens (tertiary/aromatic N) is 1. The van der Waals surface area contributed by atoms with Gasteiger partial charge < -0.3 is 15.4 Å². The molecule has 1 aromatic heterocycles. The van der Waals surface area contributed by atoms with E-state index in [-0.39, 0.29) is 18.2 Å². The quantitative estimate of drug-likeness (QED) is 0.647. The van der Waals surface area contributed by atoms with E-state index in [1.165, 1.54) is 0 Å². The van der Waals surface area contributed by atoms with Gasteiger partial charge in [-0.3, -0.25) is 9.78 Å². The molecule has 1 aromatic carbocycles. The molecule has 23 heavy (non-hydrogen) atoms. The van der Waals surface area contributed by atoms with Crippen LogP contribution < -0.4 is 26.2 Å². The summed E-state index contributed by atoms with van der Waals surface area (Å²) in [5.74, 6) is 0.731. The van der Waals surface area contributed by atoms with E-state index in [1.54, 1.807) is 19.5 Å². The first-order chi connectivity index (χ1) is 11.2. The second-order valence-corrected chi connectivity index (χ2v) is 5.22. The van der Waals surface area contributed by atoms with Crippen molar-refractivity contribution in [3.63, 3.8) is 0 Å². The van der Waals surface area contributed by atoms with Gasteiger partial charge >= 0.3 is 0 Å². The number of rotatable bonds is 5. The average molecular weight is 313 g/mol. The Hall–Kier alpha value is -2.64. The Kier molecular flexibility index (Phi) is 4.70. The predicted molar refractivity (Wildman–Crippen MR) is 86.5 cm³/mol. The lowest BCUT2D eigenvalue weighted by atomic mass is 10.1. The topological polar surface area (TPSA) is 87.3 Å². The molecule has 7 nitrogen and oxygen atoms in total. The van der Waals surface area contributed by atoms with Gasteiger partial charge in [-0.2, -0.15) is 0 Å². The van der Waals surface area contributed by atoms with Gasteiger partial charge in [0.15, 0.2) is 6.29 Å². The van der Waals surface area contributed by atoms with Crippen LogP contribution >= 0.6 is 0 Å². The molecule has 0 bridgehead atoms. The maximum atomic E-state index is 12.2. The minimum absolute atomic E-state index is 0.0686. The Balaban J connectivity index is 1.55. The summed E-state index contributed by atoms with van der Waals surface area (Å²) in [6.45, 7) is 0. The zero-order chi connectivity index (χ0) is 16.1. The molecule has 1 saturated heterocycles. The number of hydrogen-bond donors (Lipinski definition) is 4. The molecule has 1 fully saturated rings. The molecule has 2 atom stereocenters. The van der Waals surface area contributed by atoms with Crippen LogP contribution in [-0.2, 0) is 11.2 Å². The summed E-state index contributed by atoms with van der Waals surface area (Å²) >= 11 is 0. The average Bonchev–Trinajstić information content (AvgIpc) is 2.59. The van der Waals surface area contributed by atoms with Crippen LogP contribution in [0.3, 0.4) is 0 Å². The normalized spacial score (nSPS) is 20.7. The van der Waals surface area contributed by atoms with Crippen LogP contribution in [0, 0.1) is 0 Å². The van der Waals surface area contributed by atoms with E-state index in [0.29, 0.717) is 6.42 Å². The molecule has 7 heteroatoms. The van der Waals surface area contributed by atoms with Crippen LogP contribution in [0.5, 0.6) is 5.75 Å². The molecule has 2 unspecified atom stereocenters. The third kappa shape index (κ3) is 3.97. The molecule has 2 aromatic rings. The van der Waals surface area contributed by atoms with Crippen LogP contribution in [0.15, 0.2) is 48.8 Å². The van der Waals surface area contributed by atoms with E-state index < -0.39 is 0 Å². The third-order valence-corrected chi connectivity index (χ3v) is 3.58. The number of benzene rings is 1. The minimum atomic E-state index is -0.390. The Bertz CT molecular complexity index is 647. The smallest absolute Gasteiger partial charge is 0.241 e. The molecule has 1 amide bonds. The van der Waals surface area contributed by atoms with Crippen LogP contribution in [0.2, 0.25) is 0 Å². The summed E-state index contributed by atoms with van der Waals surface area (Å²) in [4.78, 5) is 16.2. The second kappa shape index (κ2) is 7.08. The molecule has 0 radical (unpaired) electrons. The largest absolute Gasteiger partial charge is 0.497 e. The fourth-order valence-corrected chi connectivity index (χ4v) is 2.36. The van der Waals surface area contributed by atoms with E-state index in [0.717, 1.165) is 17.0 Å². The van der Waals surface area contributed by atoms with E-state index in [1.807, 2.05) is 36.4 Å². The van der Waals surface area contributed by atoms with Gasteiger partial charge in [-0.25, -0.2) is 10.9 Å². The van der Waals surface area contributed by atoms with Crippen molar-refractivity contribution in [2.75, 3.05) is 12.4 Å². The maximum absolute atomic E-state index is 12.2. The van der Waals surface area contributed by atoms with Crippen LogP contribution in [0.4, 0.5) is 5.69 Å². The van der Waals surface area contributed by atoms with Crippen molar-refractivity contribution in [3.8, 4) is 5.75 Å². The molecule has 0 aliphatic carbocycles. The summed E-state index contributed by atoms with van der Waals surface area (Å²) in [6.07, 6.45) is 3.58. The molecule has 2 heterocycles. The number of carbonyl (C=O) groups is 1. The molecule has 3 rings (SSSR count). The highest BCUT2D eigenvalue weighted by Crippen LogP contribution is 2.13. The van der Waals surface area contributed by atoms with Crippen molar-refractivity contribution in [2.45, 2.75) is 18.8 Å². The Labute approximate surface area is 134 Å². The minimum Gasteiger partial charge on any atom is -0.497 e. The highest BCUT2D eigenvalue weighted by Gasteiger charge is 2.27. The third-order valence-electron chi connectivity index (χ3n) is 3.58. The lowest BCUT2D eigenvalue weighted by Gasteiger charge is -2.32. The van der Waals surface area contributed by atoms with Gasteiger partial charge in [0, 0.05) is 6.20 Å². The number of pyridine rings is 1. The highest BCUT2D eigenvalue weighted by molar-refractivity contribution is 5.83. The van der Waals surface area contributed by atoms with Gasteiger partial charge in [0.05, 0.1) is 19.0 Å². The lowest BCUT2D eigenvalue weighted by molar-refractivity contribution is -0.126. The molecular weight excluding hydrogens is 294 g/mol. The summed E-state index contributed by atoms with van der Waals surface area (Å²) in [5, 5.41) is 6.01. The number of aromatic nitrogens is 1. The summed E-state index contributed by atoms with van der Waals surface area (Å²) < 4.78 is 5.13. The van der Waals surface area contributed by atoms with Crippen molar-refractivity contribution in [1.29, 1.82) is 0 Å². The first kappa shape index (κ1) is 15.3. The Morgan fingerprint density at radius 2 is 2.04 bits per heavy atom. The highest BCUT2D eigenvalue weighted by atomic mass is 16.5. The van der Waals surface area contributed by atoms with Gasteiger partial charge in [-0.05, 0) is 36.2 Å². The number of anilines is 1. The maximum Gasteiger partial charge on any atom is 0.241 e. The van der Waals surface area contributed by atoms with Gasteiger partial charge in [0.2, 0.25) is 5.91 Å². The van der Waals surface area contributed by atoms with Gasteiger partial charge in [-0.1, -0.05) is 12.1 Å². The Morgan fingerprint density at radius 1 is 1.22 bits per heavy atom. The number of methoxy groups -OCH3 is 1. The first-order valence-electron chi connectivity index (χ1n) is 7.35. The van der Waals surface area contributed by atoms with E-state index >= 15 is 0 Å². The number of hydrazine groups is 1. The van der Waals surface area contributed by atoms with Crippen molar-refractivity contribution < 1.29 is 9.53 Å². The van der Waals surface area contributed by atoms with E-state index in [4.69, 9.17) is 4.74 Å². The fraction of sp³-hybridized carbons (Fsp3) is 0.250. The molecular formula is C16H19N5O2. The molecule has 1 aliphatic heterocycles. The number of carbonyl (C=O) groups excluding carboxylic acids is 1. The lowest BCUT2D eigenvalue weighted by Crippen LogP contribution is -2.68. The Morgan fingerprint density at radius 3 is 2.70 bits per heavy atom. The zero-order valence-corrected chi connectivity index (χ0v) is 12.7. The van der Waals surface area contributed by atoms with Crippen LogP contribution in [-0.4, -0.2) is 30.3 Å². The molecule has 4 N–H and O–H groups in total. The van der Waals surface area contributed by atoms with Crippen molar-refractivity contribution in [3.05, 3.63) is 54.4 Å². The van der Waals surface area contributed by atoms with E-state index in [2.05, 4.69) is 26.5 Å². The summed E-state index contributed by atoms with van der Waals surface area (Å²) in [7, 11) is 1.63. The monoisotopic (exact) mass is 313 g/mol. The van der Waals surface area contributed by atoms with Crippen LogP contribution in [0.1, 0.15) is 5.56 Å². The molecule has 0 spiro atoms. The summed E-state index contributed by atoms with van der Waals surface area (Å²) in [5.41, 5.74) is 7.96. The second-order valence-electron chi connectivity index (χ2n) is 5.22. The standard InChI is InChI=1S/C16H19N5O2/c1-23-13-6-4-11(5-7-13)9-14-15(22)19-16(21-20-14)18-12-3-2-8-17-10-12/h2-8,10,14,16,18,20-21H,9H2,1H3,(H,19,22). The number of nitrogens with one attached hydrogen (secondary N) is 4. The van der Waals surface area contributed by atoms with Crippen molar-refractivity contribution >= 4 is 11.6 Å². The molecule has 120 valence electrons. The molecule has 0 saturated carbocycles. The zero-order valence-electron chi connectivity index (χ0n) is 12.7. The van der Waals surface area contributed by atoms with Gasteiger partial charge in [-0.15, -0.1) is 0 Å². The van der Waals surface area contributed by atoms with Gasteiger partial charge in [0.25, 0.3) is 0 Å². The number of amides is 1. The first-order valence-corrected chi connectivity index (χ1v) is 7.35. The predicted octanol–water partition coefficient (Wildman–Crippen LogP) is 0.621. The van der Waals surface area contributed by atoms with Crippen LogP contribution in [0.25, 0.3) is 0 Å².